The molecule has 7 atom stereocenters. The number of aromatic amines is 2. The first kappa shape index (κ1) is 45.3. The molecule has 16 heteroatoms. The number of hydrogen-bond acceptors (Lipinski definition) is 10. The predicted molar refractivity (Wildman–Crippen MR) is 260 cm³/mol. The molecule has 0 spiro atoms. The van der Waals surface area contributed by atoms with Gasteiger partial charge >= 0.3 is 12.2 Å². The molecule has 0 unspecified atom stereocenters. The second-order valence-corrected chi connectivity index (χ2v) is 19.4. The fourth-order valence-electron chi connectivity index (χ4n) is 11.5. The molecule has 0 radical (unpaired) electrons. The number of benzene rings is 4. The van der Waals surface area contributed by atoms with E-state index in [0.717, 1.165) is 99.3 Å². The molecule has 362 valence electrons. The summed E-state index contributed by atoms with van der Waals surface area (Å²) < 4.78 is 21.6. The van der Waals surface area contributed by atoms with Gasteiger partial charge < -0.3 is 49.3 Å². The van der Waals surface area contributed by atoms with Gasteiger partial charge in [-0.1, -0.05) is 55.0 Å². The van der Waals surface area contributed by atoms with Gasteiger partial charge in [-0.15, -0.1) is 0 Å². The molecule has 2 saturated carbocycles. The molecule has 70 heavy (non-hydrogen) atoms. The Bertz CT molecular complexity index is 2980. The Hall–Kier alpha value is -7.20. The Morgan fingerprint density at radius 2 is 1.53 bits per heavy atom. The number of piperidine rings is 1. The van der Waals surface area contributed by atoms with Crippen molar-refractivity contribution in [2.45, 2.75) is 107 Å². The molecule has 4 aromatic carbocycles. The van der Waals surface area contributed by atoms with Gasteiger partial charge in [-0.3, -0.25) is 9.59 Å². The molecule has 11 rings (SSSR count). The van der Waals surface area contributed by atoms with E-state index in [1.165, 1.54) is 46.2 Å². The summed E-state index contributed by atoms with van der Waals surface area (Å²) in [5.41, 5.74) is 10.7. The van der Waals surface area contributed by atoms with E-state index in [4.69, 9.17) is 28.9 Å². The predicted octanol–water partition coefficient (Wildman–Crippen LogP) is 9.02. The number of amides is 4. The van der Waals surface area contributed by atoms with Crippen molar-refractivity contribution in [2.24, 2.45) is 5.92 Å². The molecule has 5 aliphatic rings. The summed E-state index contributed by atoms with van der Waals surface area (Å²) in [5, 5.41) is 5.50. The lowest BCUT2D eigenvalue weighted by atomic mass is 9.80. The highest BCUT2D eigenvalue weighted by Crippen LogP contribution is 2.51. The number of nitrogens with zero attached hydrogens (tertiary/aromatic N) is 4. The van der Waals surface area contributed by atoms with E-state index in [1.54, 1.807) is 18.0 Å². The minimum Gasteiger partial charge on any atom is -0.488 e. The summed E-state index contributed by atoms with van der Waals surface area (Å²) in [4.78, 5) is 73.9. The minimum absolute atomic E-state index is 0.0612. The normalized spacial score (nSPS) is 21.5. The van der Waals surface area contributed by atoms with E-state index in [-0.39, 0.29) is 35.9 Å². The number of likely N-dealkylation sites (tertiary alicyclic amines) is 2. The molecule has 2 bridgehead atoms. The monoisotopic (exact) mass is 946 g/mol. The van der Waals surface area contributed by atoms with Crippen molar-refractivity contribution in [3.8, 4) is 39.3 Å². The van der Waals surface area contributed by atoms with Gasteiger partial charge in [-0.25, -0.2) is 19.6 Å². The molecule has 2 aromatic heterocycles. The van der Waals surface area contributed by atoms with Crippen LogP contribution in [0.3, 0.4) is 0 Å². The summed E-state index contributed by atoms with van der Waals surface area (Å²) in [6, 6.07) is 24.7. The maximum absolute atomic E-state index is 14.7. The minimum atomic E-state index is -0.912. The lowest BCUT2D eigenvalue weighted by Crippen LogP contribution is -2.54. The van der Waals surface area contributed by atoms with Crippen LogP contribution in [0, 0.1) is 5.92 Å². The van der Waals surface area contributed by atoms with E-state index in [1.807, 2.05) is 35.2 Å². The Kier molecular flexibility index (Phi) is 12.0. The molecule has 16 nitrogen and oxygen atoms in total. The molecule has 5 heterocycles. The van der Waals surface area contributed by atoms with Crippen molar-refractivity contribution in [2.75, 3.05) is 27.9 Å². The van der Waals surface area contributed by atoms with Crippen LogP contribution in [0.2, 0.25) is 0 Å². The number of hydrogen-bond donors (Lipinski definition) is 4. The van der Waals surface area contributed by atoms with Crippen LogP contribution >= 0.6 is 0 Å². The van der Waals surface area contributed by atoms with Gasteiger partial charge in [-0.2, -0.15) is 0 Å². The highest BCUT2D eigenvalue weighted by atomic mass is 16.5. The van der Waals surface area contributed by atoms with Crippen LogP contribution in [-0.2, 0) is 30.4 Å². The Morgan fingerprint density at radius 1 is 0.771 bits per heavy atom. The Labute approximate surface area is 405 Å². The van der Waals surface area contributed by atoms with Gasteiger partial charge in [-0.05, 0) is 127 Å². The quantitative estimate of drug-likeness (QED) is 0.0920. The summed E-state index contributed by atoms with van der Waals surface area (Å²) in [5.74, 6) is 2.62. The maximum atomic E-state index is 14.7. The highest BCUT2D eigenvalue weighted by Gasteiger charge is 2.51. The molecule has 6 aromatic rings. The first-order valence-electron chi connectivity index (χ1n) is 24.5. The average molecular weight is 947 g/mol. The van der Waals surface area contributed by atoms with Crippen LogP contribution < -0.4 is 15.4 Å². The molecule has 4 amide bonds. The number of carbonyl (C=O) groups is 4. The zero-order valence-corrected chi connectivity index (χ0v) is 39.8. The number of aromatic nitrogens is 4. The standard InChI is InChI=1S/C54H58N8O8/c1-29(67-2)46(59-53(65)68-3)51(63)61-22-6-9-44(61)49-55-27-43(58-49)35-16-20-40-39-19-15-33(23-37(39)28-70-45(40)26-35)34-17-21-41-42(25-34)57-50(56-41)48-36-14-18-38(24-36)62(48)52(64)47(60-54(66)69-4)32-12-10-31(11-13-32)30-7-5-8-30/h10-13,15-17,19-21,23,25-27,29-30,36,38,44,46-48H,5-9,14,18,22,24,28H2,1-4H3,(H,55,58)(H,56,57)(H,59,65)(H,60,66)/t29-,36+,38-,44+,46+,47-,48+/m1/s1. The van der Waals surface area contributed by atoms with Gasteiger partial charge in [0.1, 0.15) is 36.1 Å². The smallest absolute Gasteiger partial charge is 0.407 e. The van der Waals surface area contributed by atoms with E-state index < -0.39 is 30.4 Å². The fraction of sp³-hybridized carbons (Fsp3) is 0.407. The number of carbonyl (C=O) groups excluding carboxylic acids is 4. The van der Waals surface area contributed by atoms with Gasteiger partial charge in [0, 0.05) is 30.8 Å². The number of ether oxygens (including phenoxy) is 4. The van der Waals surface area contributed by atoms with E-state index >= 15 is 0 Å². The van der Waals surface area contributed by atoms with Crippen molar-refractivity contribution in [1.82, 2.24) is 40.4 Å². The van der Waals surface area contributed by atoms with Gasteiger partial charge in [0.05, 0.1) is 55.3 Å². The van der Waals surface area contributed by atoms with Crippen LogP contribution in [0.15, 0.2) is 85.1 Å². The summed E-state index contributed by atoms with van der Waals surface area (Å²) in [6.07, 6.45) is 7.84. The maximum Gasteiger partial charge on any atom is 0.407 e. The first-order chi connectivity index (χ1) is 34.1. The number of imidazole rings is 2. The first-order valence-corrected chi connectivity index (χ1v) is 24.5. The Morgan fingerprint density at radius 3 is 2.30 bits per heavy atom. The van der Waals surface area contributed by atoms with Crippen LogP contribution in [0.1, 0.15) is 111 Å². The van der Waals surface area contributed by atoms with Crippen LogP contribution in [0.5, 0.6) is 5.75 Å². The summed E-state index contributed by atoms with van der Waals surface area (Å²) in [6.45, 7) is 2.66. The van der Waals surface area contributed by atoms with Gasteiger partial charge in [0.2, 0.25) is 5.91 Å². The third kappa shape index (κ3) is 8.20. The van der Waals surface area contributed by atoms with E-state index in [0.29, 0.717) is 24.9 Å². The number of rotatable bonds is 12. The van der Waals surface area contributed by atoms with Crippen LogP contribution in [0.4, 0.5) is 9.59 Å². The third-order valence-electron chi connectivity index (χ3n) is 15.6. The van der Waals surface area contributed by atoms with Crippen molar-refractivity contribution in [1.29, 1.82) is 0 Å². The zero-order valence-electron chi connectivity index (χ0n) is 39.8. The van der Waals surface area contributed by atoms with Crippen LogP contribution in [-0.4, -0.2) is 99.8 Å². The van der Waals surface area contributed by atoms with Crippen molar-refractivity contribution < 1.29 is 38.1 Å². The summed E-state index contributed by atoms with van der Waals surface area (Å²) >= 11 is 0. The van der Waals surface area contributed by atoms with E-state index in [9.17, 15) is 19.2 Å². The molecular weight excluding hydrogens is 889 g/mol. The largest absolute Gasteiger partial charge is 0.488 e. The fourth-order valence-corrected chi connectivity index (χ4v) is 11.5. The lowest BCUT2D eigenvalue weighted by molar-refractivity contribution is -0.138. The van der Waals surface area contributed by atoms with Crippen molar-refractivity contribution >= 4 is 35.0 Å². The number of fused-ring (bicyclic) bond motifs is 6. The zero-order chi connectivity index (χ0) is 48.2. The molecule has 2 aliphatic carbocycles. The molecule has 4 N–H and O–H groups in total. The summed E-state index contributed by atoms with van der Waals surface area (Å²) in [7, 11) is 4.08. The second kappa shape index (κ2) is 18.6. The number of methoxy groups -OCH3 is 3. The third-order valence-corrected chi connectivity index (χ3v) is 15.6. The number of nitrogens with one attached hydrogen (secondary N) is 4. The lowest BCUT2D eigenvalue weighted by Gasteiger charge is -2.36. The van der Waals surface area contributed by atoms with Crippen LogP contribution in [0.25, 0.3) is 44.5 Å². The molecule has 3 aliphatic heterocycles. The van der Waals surface area contributed by atoms with Crippen molar-refractivity contribution in [3.63, 3.8) is 0 Å². The number of H-pyrrole nitrogens is 2. The molecule has 2 saturated heterocycles. The number of alkyl carbamates (subject to hydrolysis) is 2. The second-order valence-electron chi connectivity index (χ2n) is 19.4. The topological polar surface area (TPSA) is 193 Å². The highest BCUT2D eigenvalue weighted by molar-refractivity contribution is 5.89. The molecular formula is C54H58N8O8. The van der Waals surface area contributed by atoms with Gasteiger partial charge in [0.25, 0.3) is 5.91 Å². The molecule has 4 fully saturated rings. The Balaban J connectivity index is 0.805. The van der Waals surface area contributed by atoms with Crippen molar-refractivity contribution in [3.05, 3.63) is 113 Å². The van der Waals surface area contributed by atoms with Gasteiger partial charge in [0.15, 0.2) is 0 Å². The van der Waals surface area contributed by atoms with E-state index in [2.05, 4.69) is 69.1 Å². The average Bonchev–Trinajstić information content (AvgIpc) is 4.25. The SMILES string of the molecule is COC(=O)N[C@H](C(=O)N1CCC[C@H]1c1ncc(-c2ccc3c(c2)OCc2cc(-c4ccc5nc([C@@H]6[C@H]7CC[C@H](C7)N6C(=O)[C@H](NC(=O)OC)c6ccc(C7CCC7)cc6)[nH]c5c4)ccc2-3)[nH]1)[C@@H](C)OC.